The topological polar surface area (TPSA) is 141 Å². The van der Waals surface area contributed by atoms with E-state index in [-0.39, 0.29) is 36.3 Å². The summed E-state index contributed by atoms with van der Waals surface area (Å²) in [5.41, 5.74) is 1.26. The van der Waals surface area contributed by atoms with Gasteiger partial charge >= 0.3 is 5.97 Å². The van der Waals surface area contributed by atoms with Crippen LogP contribution in [0.2, 0.25) is 0 Å². The second-order valence-electron chi connectivity index (χ2n) is 6.30. The van der Waals surface area contributed by atoms with E-state index < -0.39 is 5.97 Å². The number of carbonyl (C=O) groups is 3. The zero-order chi connectivity index (χ0) is 21.7. The van der Waals surface area contributed by atoms with Crippen molar-refractivity contribution in [3.05, 3.63) is 47.5 Å². The van der Waals surface area contributed by atoms with E-state index in [0.717, 1.165) is 0 Å². The molecule has 0 unspecified atom stereocenters. The van der Waals surface area contributed by atoms with Gasteiger partial charge in [-0.1, -0.05) is 17.3 Å². The van der Waals surface area contributed by atoms with E-state index in [0.29, 0.717) is 22.8 Å². The summed E-state index contributed by atoms with van der Waals surface area (Å²) < 4.78 is 10.9. The van der Waals surface area contributed by atoms with Crippen molar-refractivity contribution in [1.29, 1.82) is 0 Å². The number of hydrogen-bond donors (Lipinski definition) is 2. The van der Waals surface area contributed by atoms with Gasteiger partial charge in [0.2, 0.25) is 17.6 Å². The monoisotopic (exact) mass is 412 g/mol. The number of aromatic nitrogens is 4. The van der Waals surface area contributed by atoms with E-state index in [1.807, 2.05) is 0 Å². The maximum atomic E-state index is 12.4. The first kappa shape index (κ1) is 20.7. The van der Waals surface area contributed by atoms with Crippen molar-refractivity contribution in [3.8, 4) is 11.4 Å². The zero-order valence-electron chi connectivity index (χ0n) is 16.6. The van der Waals surface area contributed by atoms with E-state index >= 15 is 0 Å². The van der Waals surface area contributed by atoms with Crippen LogP contribution in [0.25, 0.3) is 11.4 Å². The molecule has 0 radical (unpaired) electrons. The molecule has 30 heavy (non-hydrogen) atoms. The Labute approximate surface area is 171 Å². The third-order valence-corrected chi connectivity index (χ3v) is 4.09. The molecule has 3 aromatic rings. The fourth-order valence-electron chi connectivity index (χ4n) is 2.64. The highest BCUT2D eigenvalue weighted by Gasteiger charge is 2.15. The number of benzene rings is 1. The summed E-state index contributed by atoms with van der Waals surface area (Å²) in [5.74, 6) is -0.217. The molecule has 1 aromatic carbocycles. The fraction of sp³-hybridized carbons (Fsp3) is 0.263. The lowest BCUT2D eigenvalue weighted by atomic mass is 10.1. The number of esters is 1. The van der Waals surface area contributed by atoms with Gasteiger partial charge in [0.05, 0.1) is 7.11 Å². The number of nitrogens with zero attached hydrogens (tertiary/aromatic N) is 4. The Morgan fingerprint density at radius 1 is 1.23 bits per heavy atom. The summed E-state index contributed by atoms with van der Waals surface area (Å²) in [6.45, 7) is 1.80. The molecule has 0 spiro atoms. The molecule has 0 atom stereocenters. The zero-order valence-corrected chi connectivity index (χ0v) is 16.6. The first-order valence-electron chi connectivity index (χ1n) is 8.98. The van der Waals surface area contributed by atoms with Gasteiger partial charge in [0.15, 0.2) is 5.82 Å². The molecular weight excluding hydrogens is 392 g/mol. The van der Waals surface area contributed by atoms with Crippen molar-refractivity contribution in [1.82, 2.24) is 25.2 Å². The largest absolute Gasteiger partial charge is 0.464 e. The molecule has 11 heteroatoms. The maximum absolute atomic E-state index is 12.4. The minimum atomic E-state index is -0.559. The molecule has 3 rings (SSSR count). The van der Waals surface area contributed by atoms with Crippen molar-refractivity contribution in [3.63, 3.8) is 0 Å². The second kappa shape index (κ2) is 8.99. The van der Waals surface area contributed by atoms with Gasteiger partial charge in [-0.3, -0.25) is 14.3 Å². The lowest BCUT2D eigenvalue weighted by molar-refractivity contribution is -0.116. The Kier molecular flexibility index (Phi) is 6.20. The van der Waals surface area contributed by atoms with E-state index in [9.17, 15) is 14.4 Å². The van der Waals surface area contributed by atoms with Gasteiger partial charge in [0, 0.05) is 44.1 Å². The lowest BCUT2D eigenvalue weighted by Crippen LogP contribution is -2.27. The Balaban J connectivity index is 1.52. The van der Waals surface area contributed by atoms with E-state index in [1.165, 1.54) is 17.9 Å². The van der Waals surface area contributed by atoms with Crippen LogP contribution in [0.15, 0.2) is 34.9 Å². The first-order valence-corrected chi connectivity index (χ1v) is 8.98. The summed E-state index contributed by atoms with van der Waals surface area (Å²) in [5, 5.41) is 13.1. The van der Waals surface area contributed by atoms with Gasteiger partial charge in [-0.2, -0.15) is 10.1 Å². The molecule has 0 saturated carbocycles. The van der Waals surface area contributed by atoms with Gasteiger partial charge in [-0.25, -0.2) is 4.79 Å². The van der Waals surface area contributed by atoms with Crippen molar-refractivity contribution < 1.29 is 23.6 Å². The minimum Gasteiger partial charge on any atom is -0.464 e. The van der Waals surface area contributed by atoms with Gasteiger partial charge in [0.1, 0.15) is 5.69 Å². The predicted molar refractivity (Wildman–Crippen MR) is 105 cm³/mol. The molecule has 0 aliphatic carbocycles. The number of nitrogens with one attached hydrogen (secondary N) is 2. The lowest BCUT2D eigenvalue weighted by Gasteiger charge is -2.06. The average Bonchev–Trinajstić information content (AvgIpc) is 3.32. The molecule has 2 amide bonds. The third kappa shape index (κ3) is 4.87. The minimum absolute atomic E-state index is 0.0274. The number of ether oxygens (including phenoxy) is 1. The summed E-state index contributed by atoms with van der Waals surface area (Å²) in [6.07, 6.45) is 0.0274. The van der Waals surface area contributed by atoms with Crippen LogP contribution in [0.4, 0.5) is 5.82 Å². The average molecular weight is 412 g/mol. The molecule has 2 N–H and O–H groups in total. The normalized spacial score (nSPS) is 10.5. The number of rotatable bonds is 7. The number of methoxy groups -OCH3 is 1. The number of amides is 2. The molecule has 156 valence electrons. The highest BCUT2D eigenvalue weighted by molar-refractivity contribution is 5.96. The Hall–Kier alpha value is -4.02. The van der Waals surface area contributed by atoms with E-state index in [1.54, 1.807) is 38.2 Å². The number of carbonyl (C=O) groups excluding carboxylic acids is 3. The Morgan fingerprint density at radius 2 is 2.03 bits per heavy atom. The van der Waals surface area contributed by atoms with Crippen molar-refractivity contribution in [2.45, 2.75) is 13.3 Å². The van der Waals surface area contributed by atoms with Gasteiger partial charge < -0.3 is 19.9 Å². The highest BCUT2D eigenvalue weighted by atomic mass is 16.5. The van der Waals surface area contributed by atoms with Crippen molar-refractivity contribution in [2.24, 2.45) is 7.05 Å². The molecular formula is C19H20N6O5. The highest BCUT2D eigenvalue weighted by Crippen LogP contribution is 2.17. The summed E-state index contributed by atoms with van der Waals surface area (Å²) in [7, 11) is 2.82. The smallest absolute Gasteiger partial charge is 0.356 e. The molecule has 2 aromatic heterocycles. The molecule has 0 aliphatic heterocycles. The van der Waals surface area contributed by atoms with Gasteiger partial charge in [-0.15, -0.1) is 0 Å². The molecule has 0 aliphatic rings. The third-order valence-electron chi connectivity index (χ3n) is 4.09. The van der Waals surface area contributed by atoms with Crippen LogP contribution in [-0.2, 0) is 16.6 Å². The standard InChI is InChI=1S/C19H20N6O5/c1-11-21-17(24-30-11)12-5-4-6-13(9-12)18(27)20-8-7-16(26)22-15-10-14(19(28)29-3)25(2)23-15/h4-6,9-10H,7-8H2,1-3H3,(H,20,27)(H,22,23,26). The van der Waals surface area contributed by atoms with Gasteiger partial charge in [-0.05, 0) is 12.1 Å². The van der Waals surface area contributed by atoms with Crippen LogP contribution in [0.5, 0.6) is 0 Å². The number of hydrogen-bond acceptors (Lipinski definition) is 8. The maximum Gasteiger partial charge on any atom is 0.356 e. The van der Waals surface area contributed by atoms with Crippen molar-refractivity contribution >= 4 is 23.6 Å². The van der Waals surface area contributed by atoms with Crippen LogP contribution in [0.3, 0.4) is 0 Å². The van der Waals surface area contributed by atoms with Crippen LogP contribution < -0.4 is 10.6 Å². The summed E-state index contributed by atoms with van der Waals surface area (Å²) >= 11 is 0. The summed E-state index contributed by atoms with van der Waals surface area (Å²) in [6, 6.07) is 8.18. The molecule has 11 nitrogen and oxygen atoms in total. The fourth-order valence-corrected chi connectivity index (χ4v) is 2.64. The van der Waals surface area contributed by atoms with E-state index in [2.05, 4.69) is 30.6 Å². The molecule has 2 heterocycles. The SMILES string of the molecule is COC(=O)c1cc(NC(=O)CCNC(=O)c2cccc(-c3noc(C)n3)c2)nn1C. The quantitative estimate of drug-likeness (QED) is 0.554. The second-order valence-corrected chi connectivity index (χ2v) is 6.30. The van der Waals surface area contributed by atoms with Crippen LogP contribution >= 0.6 is 0 Å². The summed E-state index contributed by atoms with van der Waals surface area (Å²) in [4.78, 5) is 40.1. The van der Waals surface area contributed by atoms with Crippen LogP contribution in [-0.4, -0.2) is 51.4 Å². The molecule has 0 fully saturated rings. The van der Waals surface area contributed by atoms with Crippen LogP contribution in [0, 0.1) is 6.92 Å². The van der Waals surface area contributed by atoms with Crippen LogP contribution in [0.1, 0.15) is 33.2 Å². The van der Waals surface area contributed by atoms with Gasteiger partial charge in [0.25, 0.3) is 5.91 Å². The Morgan fingerprint density at radius 3 is 2.73 bits per heavy atom. The molecule has 0 saturated heterocycles. The molecule has 0 bridgehead atoms. The first-order chi connectivity index (χ1) is 14.4. The Bertz CT molecular complexity index is 1090. The van der Waals surface area contributed by atoms with Crippen molar-refractivity contribution in [2.75, 3.05) is 19.0 Å². The number of anilines is 1. The predicted octanol–water partition coefficient (Wildman–Crippen LogP) is 1.32. The number of aryl methyl sites for hydroxylation is 2. The van der Waals surface area contributed by atoms with E-state index in [4.69, 9.17) is 4.52 Å².